The molecule has 3 atom stereocenters. The molecule has 1 aromatic carbocycles. The molecule has 2 unspecified atom stereocenters. The molecular formula is C26H35Cl2N5O. The van der Waals surface area contributed by atoms with E-state index in [0.717, 1.165) is 50.1 Å². The van der Waals surface area contributed by atoms with Gasteiger partial charge in [-0.15, -0.1) is 0 Å². The number of likely N-dealkylation sites (tertiary alicyclic amines) is 1. The predicted molar refractivity (Wildman–Crippen MR) is 140 cm³/mol. The molecule has 1 aromatic heterocycles. The fourth-order valence-corrected chi connectivity index (χ4v) is 5.82. The van der Waals surface area contributed by atoms with Gasteiger partial charge in [0.15, 0.2) is 0 Å². The lowest BCUT2D eigenvalue weighted by Crippen LogP contribution is -2.60. The summed E-state index contributed by atoms with van der Waals surface area (Å²) in [7, 11) is 0. The van der Waals surface area contributed by atoms with Crippen LogP contribution in [0, 0.1) is 5.92 Å². The van der Waals surface area contributed by atoms with E-state index < -0.39 is 0 Å². The molecule has 0 bridgehead atoms. The Morgan fingerprint density at radius 3 is 2.53 bits per heavy atom. The number of anilines is 1. The van der Waals surface area contributed by atoms with Gasteiger partial charge in [0.25, 0.3) is 5.91 Å². The number of nitrogens with one attached hydrogen (secondary N) is 1. The third-order valence-corrected chi connectivity index (χ3v) is 7.62. The number of aromatic nitrogens is 1. The third kappa shape index (κ3) is 5.85. The van der Waals surface area contributed by atoms with Gasteiger partial charge in [-0.05, 0) is 56.5 Å². The largest absolute Gasteiger partial charge is 0.353 e. The monoisotopic (exact) mass is 503 g/mol. The van der Waals surface area contributed by atoms with Crippen LogP contribution in [0.15, 0.2) is 36.5 Å². The minimum Gasteiger partial charge on any atom is -0.353 e. The van der Waals surface area contributed by atoms with Gasteiger partial charge < -0.3 is 10.2 Å². The number of amides is 1. The van der Waals surface area contributed by atoms with Gasteiger partial charge in [0.2, 0.25) is 0 Å². The Morgan fingerprint density at radius 2 is 1.88 bits per heavy atom. The second-order valence-corrected chi connectivity index (χ2v) is 10.5. The zero-order valence-corrected chi connectivity index (χ0v) is 21.8. The summed E-state index contributed by atoms with van der Waals surface area (Å²) in [5.74, 6) is 1.23. The lowest BCUT2D eigenvalue weighted by Gasteiger charge is -2.49. The fraction of sp³-hybridized carbons (Fsp3) is 0.538. The van der Waals surface area contributed by atoms with Crippen LogP contribution >= 0.6 is 23.2 Å². The number of nitrogens with zero attached hydrogens (tertiary/aromatic N) is 4. The molecule has 0 aliphatic carbocycles. The normalized spacial score (nSPS) is 24.3. The van der Waals surface area contributed by atoms with Crippen molar-refractivity contribution in [2.45, 2.75) is 45.8 Å². The maximum atomic E-state index is 12.1. The van der Waals surface area contributed by atoms with E-state index >= 15 is 0 Å². The van der Waals surface area contributed by atoms with Crippen molar-refractivity contribution in [1.82, 2.24) is 20.1 Å². The van der Waals surface area contributed by atoms with E-state index in [1.54, 1.807) is 12.3 Å². The van der Waals surface area contributed by atoms with Crippen LogP contribution in [0.25, 0.3) is 0 Å². The van der Waals surface area contributed by atoms with E-state index in [4.69, 9.17) is 23.2 Å². The smallest absolute Gasteiger partial charge is 0.252 e. The number of rotatable bonds is 6. The summed E-state index contributed by atoms with van der Waals surface area (Å²) in [4.78, 5) is 24.1. The topological polar surface area (TPSA) is 51.7 Å². The first-order valence-electron chi connectivity index (χ1n) is 12.3. The van der Waals surface area contributed by atoms with Crippen molar-refractivity contribution in [1.29, 1.82) is 0 Å². The Hall–Kier alpha value is -1.86. The maximum absolute atomic E-state index is 12.1. The average Bonchev–Trinajstić information content (AvgIpc) is 2.81. The highest BCUT2D eigenvalue weighted by atomic mass is 35.5. The molecule has 2 aliphatic rings. The summed E-state index contributed by atoms with van der Waals surface area (Å²) < 4.78 is 0. The highest BCUT2D eigenvalue weighted by Gasteiger charge is 2.36. The first-order chi connectivity index (χ1) is 16.4. The molecule has 34 heavy (non-hydrogen) atoms. The van der Waals surface area contributed by atoms with Gasteiger partial charge in [-0.25, -0.2) is 4.98 Å². The third-order valence-electron chi connectivity index (χ3n) is 7.09. The van der Waals surface area contributed by atoms with E-state index in [0.29, 0.717) is 35.1 Å². The Morgan fingerprint density at radius 1 is 1.12 bits per heavy atom. The van der Waals surface area contributed by atoms with Crippen LogP contribution < -0.4 is 10.2 Å². The van der Waals surface area contributed by atoms with Gasteiger partial charge in [0.1, 0.15) is 5.82 Å². The second kappa shape index (κ2) is 11.3. The minimum atomic E-state index is -0.141. The van der Waals surface area contributed by atoms with Crippen molar-refractivity contribution in [2.24, 2.45) is 5.92 Å². The predicted octanol–water partition coefficient (Wildman–Crippen LogP) is 4.56. The van der Waals surface area contributed by atoms with Crippen LogP contribution in [-0.2, 0) is 6.54 Å². The molecule has 2 fully saturated rings. The van der Waals surface area contributed by atoms with E-state index in [1.807, 2.05) is 19.1 Å². The van der Waals surface area contributed by atoms with Crippen LogP contribution in [0.4, 0.5) is 5.82 Å². The number of piperidine rings is 1. The molecule has 8 heteroatoms. The van der Waals surface area contributed by atoms with Crippen LogP contribution in [-0.4, -0.2) is 72.0 Å². The summed E-state index contributed by atoms with van der Waals surface area (Å²) in [6, 6.07) is 10.9. The number of halogens is 2. The van der Waals surface area contributed by atoms with Crippen LogP contribution in [0.3, 0.4) is 0 Å². The highest BCUT2D eigenvalue weighted by molar-refractivity contribution is 6.33. The lowest BCUT2D eigenvalue weighted by molar-refractivity contribution is 0.0320. The Balaban J connectivity index is 1.34. The van der Waals surface area contributed by atoms with Crippen molar-refractivity contribution < 1.29 is 4.79 Å². The SMILES string of the molecule is CCNC(=O)c1cnc(N2CCN(C3CCN(Cc4ccc(Cl)cc4)CC3C)[C@@H](C)C2)c(Cl)c1. The number of carbonyl (C=O) groups excluding carboxylic acids is 1. The molecule has 2 aliphatic heterocycles. The standard InChI is InChI=1S/C26H35Cl2N5O/c1-4-29-26(34)21-13-23(28)25(30-14-21)32-11-12-33(19(3)16-32)24-9-10-31(15-18(24)2)17-20-5-7-22(27)8-6-20/h5-8,13-14,18-19,24H,4,9-12,15-17H2,1-3H3,(H,29,34)/t18?,19-,24?/m0/s1. The highest BCUT2D eigenvalue weighted by Crippen LogP contribution is 2.30. The number of hydrogen-bond donors (Lipinski definition) is 1. The van der Waals surface area contributed by atoms with Crippen LogP contribution in [0.1, 0.15) is 43.1 Å². The molecule has 0 saturated carbocycles. The molecule has 184 valence electrons. The van der Waals surface area contributed by atoms with Gasteiger partial charge in [0, 0.05) is 62.6 Å². The number of piperazine rings is 1. The molecule has 0 spiro atoms. The molecule has 1 N–H and O–H groups in total. The Kier molecular flexibility index (Phi) is 8.35. The number of pyridine rings is 1. The van der Waals surface area contributed by atoms with Crippen molar-refractivity contribution in [3.8, 4) is 0 Å². The summed E-state index contributed by atoms with van der Waals surface area (Å²) in [6.07, 6.45) is 2.81. The molecule has 0 radical (unpaired) electrons. The molecule has 1 amide bonds. The van der Waals surface area contributed by atoms with Crippen molar-refractivity contribution >= 4 is 34.9 Å². The minimum absolute atomic E-state index is 0.141. The molecular weight excluding hydrogens is 469 g/mol. The molecule has 3 heterocycles. The Labute approximate surface area is 213 Å². The van der Waals surface area contributed by atoms with Crippen LogP contribution in [0.5, 0.6) is 0 Å². The van der Waals surface area contributed by atoms with E-state index in [2.05, 4.69) is 51.0 Å². The molecule has 2 aromatic rings. The van der Waals surface area contributed by atoms with E-state index in [-0.39, 0.29) is 5.91 Å². The molecule has 4 rings (SSSR count). The number of carbonyl (C=O) groups is 1. The summed E-state index contributed by atoms with van der Waals surface area (Å²) in [5, 5.41) is 4.12. The molecule has 2 saturated heterocycles. The lowest BCUT2D eigenvalue weighted by atomic mass is 9.90. The zero-order chi connectivity index (χ0) is 24.2. The number of hydrogen-bond acceptors (Lipinski definition) is 5. The van der Waals surface area contributed by atoms with Gasteiger partial charge in [-0.3, -0.25) is 14.6 Å². The van der Waals surface area contributed by atoms with Gasteiger partial charge in [-0.2, -0.15) is 0 Å². The average molecular weight is 505 g/mol. The fourth-order valence-electron chi connectivity index (χ4n) is 5.41. The molecule has 6 nitrogen and oxygen atoms in total. The van der Waals surface area contributed by atoms with Crippen molar-refractivity contribution in [3.63, 3.8) is 0 Å². The first kappa shape index (κ1) is 25.2. The number of benzene rings is 1. The van der Waals surface area contributed by atoms with Gasteiger partial charge in [0.05, 0.1) is 10.6 Å². The van der Waals surface area contributed by atoms with E-state index in [9.17, 15) is 4.79 Å². The van der Waals surface area contributed by atoms with E-state index in [1.165, 1.54) is 12.0 Å². The van der Waals surface area contributed by atoms with Crippen LogP contribution in [0.2, 0.25) is 10.0 Å². The zero-order valence-electron chi connectivity index (χ0n) is 20.3. The van der Waals surface area contributed by atoms with Gasteiger partial charge in [-0.1, -0.05) is 42.3 Å². The van der Waals surface area contributed by atoms with Crippen molar-refractivity contribution in [3.05, 3.63) is 57.7 Å². The second-order valence-electron chi connectivity index (χ2n) is 9.62. The summed E-state index contributed by atoms with van der Waals surface area (Å²) in [6.45, 7) is 13.1. The maximum Gasteiger partial charge on any atom is 0.252 e. The van der Waals surface area contributed by atoms with Gasteiger partial charge >= 0.3 is 0 Å². The summed E-state index contributed by atoms with van der Waals surface area (Å²) in [5.41, 5.74) is 1.82. The van der Waals surface area contributed by atoms with Crippen molar-refractivity contribution in [2.75, 3.05) is 44.2 Å². The Bertz CT molecular complexity index is 986. The first-order valence-corrected chi connectivity index (χ1v) is 13.0. The quantitative estimate of drug-likeness (QED) is 0.625. The summed E-state index contributed by atoms with van der Waals surface area (Å²) >= 11 is 12.6.